The first-order valence-corrected chi connectivity index (χ1v) is 23.3. The van der Waals surface area contributed by atoms with E-state index in [-0.39, 0.29) is 0 Å². The Labute approximate surface area is 395 Å². The first-order valence-electron chi connectivity index (χ1n) is 22.5. The zero-order valence-corrected chi connectivity index (χ0v) is 37.2. The van der Waals surface area contributed by atoms with Gasteiger partial charge in [0.25, 0.3) is 0 Å². The Balaban J connectivity index is 0.918. The summed E-state index contributed by atoms with van der Waals surface area (Å²) in [6, 6.07) is 69.7. The van der Waals surface area contributed by atoms with Crippen LogP contribution < -0.4 is 0 Å². The Morgan fingerprint density at radius 2 is 0.882 bits per heavy atom. The first-order chi connectivity index (χ1) is 33.7. The van der Waals surface area contributed by atoms with Gasteiger partial charge >= 0.3 is 0 Å². The van der Waals surface area contributed by atoms with Crippen LogP contribution in [0.5, 0.6) is 0 Å². The van der Waals surface area contributed by atoms with E-state index in [9.17, 15) is 0 Å². The quantitative estimate of drug-likeness (QED) is 0.151. The van der Waals surface area contributed by atoms with Gasteiger partial charge in [0, 0.05) is 89.4 Å². The maximum atomic E-state index is 5.50. The van der Waals surface area contributed by atoms with Crippen LogP contribution in [0.3, 0.4) is 0 Å². The minimum atomic E-state index is 0.602. The molecule has 7 nitrogen and oxygen atoms in total. The highest BCUT2D eigenvalue weighted by atomic mass is 32.1. The van der Waals surface area contributed by atoms with Gasteiger partial charge in [-0.1, -0.05) is 146 Å². The molecule has 68 heavy (non-hydrogen) atoms. The molecule has 0 fully saturated rings. The van der Waals surface area contributed by atoms with Gasteiger partial charge in [0.15, 0.2) is 17.5 Å². The summed E-state index contributed by atoms with van der Waals surface area (Å²) in [5.74, 6) is 1.82. The number of pyridine rings is 3. The lowest BCUT2D eigenvalue weighted by atomic mass is 9.95. The maximum Gasteiger partial charge on any atom is 0.164 e. The number of benzene rings is 7. The number of aromatic nitrogens is 7. The van der Waals surface area contributed by atoms with Crippen molar-refractivity contribution in [2.45, 2.75) is 0 Å². The molecule has 0 bridgehead atoms. The summed E-state index contributed by atoms with van der Waals surface area (Å²) in [6.45, 7) is 0. The molecule has 0 radical (unpaired) electrons. The first kappa shape index (κ1) is 39.4. The van der Waals surface area contributed by atoms with E-state index in [1.54, 1.807) is 11.3 Å². The molecule has 0 N–H and O–H groups in total. The smallest absolute Gasteiger partial charge is 0.164 e. The predicted octanol–water partition coefficient (Wildman–Crippen LogP) is 15.2. The topological polar surface area (TPSA) is 82.3 Å². The molecule has 0 aliphatic carbocycles. The van der Waals surface area contributed by atoms with E-state index < -0.39 is 0 Å². The number of fused-ring (bicyclic) bond motifs is 6. The van der Waals surface area contributed by atoms with E-state index in [2.05, 4.69) is 184 Å². The summed E-state index contributed by atoms with van der Waals surface area (Å²) in [5, 5.41) is 4.67. The fourth-order valence-corrected chi connectivity index (χ4v) is 10.8. The molecule has 0 unspecified atom stereocenters. The van der Waals surface area contributed by atoms with Crippen LogP contribution in [-0.2, 0) is 0 Å². The Kier molecular flexibility index (Phi) is 9.54. The van der Waals surface area contributed by atoms with Crippen molar-refractivity contribution in [3.8, 4) is 83.8 Å². The van der Waals surface area contributed by atoms with Crippen molar-refractivity contribution in [3.63, 3.8) is 0 Å². The van der Waals surface area contributed by atoms with Crippen LogP contribution in [0, 0.1) is 0 Å². The minimum Gasteiger partial charge on any atom is -0.309 e. The number of hydrogen-bond acceptors (Lipinski definition) is 7. The number of para-hydroxylation sites is 2. The Morgan fingerprint density at radius 1 is 0.353 bits per heavy atom. The molecule has 7 aromatic carbocycles. The highest BCUT2D eigenvalue weighted by Gasteiger charge is 2.23. The van der Waals surface area contributed by atoms with Gasteiger partial charge in [0.1, 0.15) is 0 Å². The summed E-state index contributed by atoms with van der Waals surface area (Å²) >= 11 is 1.80. The fraction of sp³-hybridized carbons (Fsp3) is 0. The molecule has 6 heterocycles. The molecule has 0 aliphatic rings. The third kappa shape index (κ3) is 6.82. The summed E-state index contributed by atoms with van der Waals surface area (Å²) in [5.41, 5.74) is 14.5. The molecular formula is C60H37N7S. The van der Waals surface area contributed by atoms with Crippen molar-refractivity contribution in [2.75, 3.05) is 0 Å². The predicted molar refractivity (Wildman–Crippen MR) is 278 cm³/mol. The summed E-state index contributed by atoms with van der Waals surface area (Å²) < 4.78 is 3.51. The van der Waals surface area contributed by atoms with Crippen LogP contribution >= 0.6 is 11.3 Å². The van der Waals surface area contributed by atoms with E-state index in [0.29, 0.717) is 17.5 Å². The van der Waals surface area contributed by atoms with Crippen molar-refractivity contribution in [1.82, 2.24) is 34.5 Å². The number of rotatable bonds is 8. The number of thiophene rings is 1. The highest BCUT2D eigenvalue weighted by molar-refractivity contribution is 7.24. The van der Waals surface area contributed by atoms with Gasteiger partial charge < -0.3 is 4.57 Å². The average Bonchev–Trinajstić information content (AvgIpc) is 3.99. The van der Waals surface area contributed by atoms with Gasteiger partial charge in [-0.3, -0.25) is 9.97 Å². The normalized spacial score (nSPS) is 11.5. The van der Waals surface area contributed by atoms with Crippen LogP contribution in [0.25, 0.3) is 127 Å². The third-order valence-electron chi connectivity index (χ3n) is 12.7. The second-order valence-corrected chi connectivity index (χ2v) is 17.7. The molecule has 318 valence electrons. The Bertz CT molecular complexity index is 3950. The van der Waals surface area contributed by atoms with E-state index in [1.807, 2.05) is 55.1 Å². The molecule has 0 spiro atoms. The van der Waals surface area contributed by atoms with Crippen molar-refractivity contribution in [1.29, 1.82) is 0 Å². The van der Waals surface area contributed by atoms with Crippen LogP contribution in [0.2, 0.25) is 0 Å². The Hall–Kier alpha value is -8.98. The van der Waals surface area contributed by atoms with Gasteiger partial charge in [-0.05, 0) is 76.9 Å². The molecule has 13 rings (SSSR count). The van der Waals surface area contributed by atoms with Crippen molar-refractivity contribution >= 4 is 54.1 Å². The van der Waals surface area contributed by atoms with Gasteiger partial charge in [-0.2, -0.15) is 0 Å². The summed E-state index contributed by atoms with van der Waals surface area (Å²) in [7, 11) is 0. The minimum absolute atomic E-state index is 0.602. The standard InChI is InChI=1S/C60H37N7S/c1-3-12-40(13-4-1)55-54-53(39-28-32-61-33-29-39)56(41-30-34-62-35-31-41)68-57(54)49-27-26-44(37-50(49)63-55)38-22-24-43(25-23-38)59-64-58(42-14-5-2-6-15-42)65-60(66-59)45-16-11-17-46(36-45)67-51-20-9-7-18-47(51)48-19-8-10-21-52(48)67/h1-37H. The van der Waals surface area contributed by atoms with E-state index in [4.69, 9.17) is 19.9 Å². The molecule has 0 saturated heterocycles. The van der Waals surface area contributed by atoms with E-state index in [1.165, 1.54) is 20.3 Å². The molecule has 0 aliphatic heterocycles. The van der Waals surface area contributed by atoms with Crippen LogP contribution in [0.4, 0.5) is 0 Å². The molecular weight excluding hydrogens is 851 g/mol. The largest absolute Gasteiger partial charge is 0.309 e. The molecule has 6 aromatic heterocycles. The van der Waals surface area contributed by atoms with Crippen molar-refractivity contribution in [3.05, 3.63) is 225 Å². The zero-order valence-electron chi connectivity index (χ0n) is 36.4. The number of nitrogens with zero attached hydrogens (tertiary/aromatic N) is 7. The summed E-state index contributed by atoms with van der Waals surface area (Å²) in [6.07, 6.45) is 7.43. The molecule has 0 amide bonds. The fourth-order valence-electron chi connectivity index (χ4n) is 9.47. The highest BCUT2D eigenvalue weighted by Crippen LogP contribution is 2.50. The summed E-state index contributed by atoms with van der Waals surface area (Å²) in [4.78, 5) is 30.7. The van der Waals surface area contributed by atoms with Crippen molar-refractivity contribution in [2.24, 2.45) is 0 Å². The SMILES string of the molecule is c1ccc(-c2nc(-c3ccc(-c4ccc5c(c4)nc(-c4ccccc4)c4c(-c6ccncc6)c(-c6ccncc6)sc45)cc3)nc(-c3cccc(-n4c5ccccc5c5ccccc54)c3)n2)cc1. The van der Waals surface area contributed by atoms with E-state index in [0.717, 1.165) is 88.8 Å². The van der Waals surface area contributed by atoms with Crippen LogP contribution in [-0.4, -0.2) is 34.5 Å². The van der Waals surface area contributed by atoms with Gasteiger partial charge in [-0.25, -0.2) is 19.9 Å². The van der Waals surface area contributed by atoms with Crippen LogP contribution in [0.15, 0.2) is 225 Å². The van der Waals surface area contributed by atoms with Crippen molar-refractivity contribution < 1.29 is 0 Å². The van der Waals surface area contributed by atoms with E-state index >= 15 is 0 Å². The van der Waals surface area contributed by atoms with Gasteiger partial charge in [0.2, 0.25) is 0 Å². The number of hydrogen-bond donors (Lipinski definition) is 0. The second kappa shape index (κ2) is 16.5. The second-order valence-electron chi connectivity index (χ2n) is 16.7. The zero-order chi connectivity index (χ0) is 45.0. The molecule has 0 saturated carbocycles. The Morgan fingerprint density at radius 3 is 1.54 bits per heavy atom. The molecule has 13 aromatic rings. The van der Waals surface area contributed by atoms with Gasteiger partial charge in [-0.15, -0.1) is 11.3 Å². The van der Waals surface area contributed by atoms with Gasteiger partial charge in [0.05, 0.1) is 22.2 Å². The molecule has 8 heteroatoms. The lowest BCUT2D eigenvalue weighted by Crippen LogP contribution is -2.01. The molecule has 0 atom stereocenters. The monoisotopic (exact) mass is 887 g/mol. The van der Waals surface area contributed by atoms with Crippen LogP contribution in [0.1, 0.15) is 0 Å². The lowest BCUT2D eigenvalue weighted by Gasteiger charge is -2.12. The maximum absolute atomic E-state index is 5.50. The average molecular weight is 888 g/mol. The lowest BCUT2D eigenvalue weighted by molar-refractivity contribution is 1.07. The third-order valence-corrected chi connectivity index (χ3v) is 13.9.